The maximum Gasteiger partial charge on any atom is 0.0661 e. The average Bonchev–Trinajstić information content (AvgIpc) is 1.76. The standard InChI is InChI=1S/C9H16O/c1-4-8(7(2)3)9-5-6-10-9/h8-9H,2,4-6H2,1,3H3. The van der Waals surface area contributed by atoms with E-state index in [1.807, 2.05) is 0 Å². The van der Waals surface area contributed by atoms with Gasteiger partial charge in [-0.1, -0.05) is 19.1 Å². The van der Waals surface area contributed by atoms with Crippen molar-refractivity contribution in [3.63, 3.8) is 0 Å². The van der Waals surface area contributed by atoms with Crippen LogP contribution in [0.1, 0.15) is 26.7 Å². The fraction of sp³-hybridized carbons (Fsp3) is 0.778. The molecule has 2 atom stereocenters. The second-order valence-corrected chi connectivity index (χ2v) is 3.06. The van der Waals surface area contributed by atoms with Crippen molar-refractivity contribution in [1.29, 1.82) is 0 Å². The summed E-state index contributed by atoms with van der Waals surface area (Å²) in [6.45, 7) is 9.19. The molecule has 1 aliphatic heterocycles. The Bertz CT molecular complexity index is 125. The Kier molecular flexibility index (Phi) is 2.50. The van der Waals surface area contributed by atoms with Crippen molar-refractivity contribution in [3.8, 4) is 0 Å². The number of ether oxygens (including phenoxy) is 1. The predicted molar refractivity (Wildman–Crippen MR) is 43.0 cm³/mol. The van der Waals surface area contributed by atoms with Gasteiger partial charge in [-0.25, -0.2) is 0 Å². The van der Waals surface area contributed by atoms with E-state index in [2.05, 4.69) is 20.4 Å². The first-order chi connectivity index (χ1) is 4.75. The Morgan fingerprint density at radius 2 is 2.40 bits per heavy atom. The van der Waals surface area contributed by atoms with Crippen LogP contribution in [0.25, 0.3) is 0 Å². The summed E-state index contributed by atoms with van der Waals surface area (Å²) in [5.74, 6) is 0.605. The van der Waals surface area contributed by atoms with Crippen LogP contribution in [0.2, 0.25) is 0 Å². The van der Waals surface area contributed by atoms with Gasteiger partial charge in [-0.2, -0.15) is 0 Å². The van der Waals surface area contributed by atoms with Crippen LogP contribution in [0.15, 0.2) is 12.2 Å². The van der Waals surface area contributed by atoms with E-state index in [0.29, 0.717) is 12.0 Å². The number of rotatable bonds is 3. The first-order valence-electron chi connectivity index (χ1n) is 4.02. The zero-order chi connectivity index (χ0) is 7.56. The van der Waals surface area contributed by atoms with Crippen LogP contribution in [0.4, 0.5) is 0 Å². The van der Waals surface area contributed by atoms with E-state index in [-0.39, 0.29) is 0 Å². The molecule has 10 heavy (non-hydrogen) atoms. The van der Waals surface area contributed by atoms with E-state index < -0.39 is 0 Å². The first-order valence-corrected chi connectivity index (χ1v) is 4.02. The fourth-order valence-corrected chi connectivity index (χ4v) is 1.50. The predicted octanol–water partition coefficient (Wildman–Crippen LogP) is 2.38. The Balaban J connectivity index is 2.39. The number of hydrogen-bond acceptors (Lipinski definition) is 1. The summed E-state index contributed by atoms with van der Waals surface area (Å²) < 4.78 is 5.38. The Labute approximate surface area is 63.1 Å². The molecule has 0 aliphatic carbocycles. The lowest BCUT2D eigenvalue weighted by molar-refractivity contribution is -0.0767. The summed E-state index contributed by atoms with van der Waals surface area (Å²) in [5, 5.41) is 0. The zero-order valence-electron chi connectivity index (χ0n) is 6.89. The van der Waals surface area contributed by atoms with Crippen LogP contribution in [-0.2, 0) is 4.74 Å². The molecular formula is C9H16O. The lowest BCUT2D eigenvalue weighted by atomic mass is 9.89. The molecule has 1 aliphatic rings. The maximum absolute atomic E-state index is 5.38. The van der Waals surface area contributed by atoms with Gasteiger partial charge in [0.2, 0.25) is 0 Å². The Hall–Kier alpha value is -0.300. The molecule has 1 saturated heterocycles. The van der Waals surface area contributed by atoms with Gasteiger partial charge in [0.1, 0.15) is 0 Å². The summed E-state index contributed by atoms with van der Waals surface area (Å²) in [7, 11) is 0. The van der Waals surface area contributed by atoms with Gasteiger partial charge in [0, 0.05) is 12.5 Å². The summed E-state index contributed by atoms with van der Waals surface area (Å²) >= 11 is 0. The summed E-state index contributed by atoms with van der Waals surface area (Å²) in [6, 6.07) is 0. The van der Waals surface area contributed by atoms with Gasteiger partial charge in [-0.3, -0.25) is 0 Å². The van der Waals surface area contributed by atoms with Crippen LogP contribution in [0, 0.1) is 5.92 Å². The van der Waals surface area contributed by atoms with Gasteiger partial charge in [-0.15, -0.1) is 0 Å². The van der Waals surface area contributed by atoms with Crippen LogP contribution < -0.4 is 0 Å². The third-order valence-corrected chi connectivity index (χ3v) is 2.26. The second-order valence-electron chi connectivity index (χ2n) is 3.06. The van der Waals surface area contributed by atoms with Crippen LogP contribution in [-0.4, -0.2) is 12.7 Å². The van der Waals surface area contributed by atoms with E-state index in [1.54, 1.807) is 0 Å². The topological polar surface area (TPSA) is 9.23 Å². The van der Waals surface area contributed by atoms with Crippen LogP contribution in [0.5, 0.6) is 0 Å². The average molecular weight is 140 g/mol. The van der Waals surface area contributed by atoms with Crippen molar-refractivity contribution >= 4 is 0 Å². The van der Waals surface area contributed by atoms with E-state index in [0.717, 1.165) is 6.61 Å². The molecule has 1 fully saturated rings. The van der Waals surface area contributed by atoms with E-state index in [9.17, 15) is 0 Å². The van der Waals surface area contributed by atoms with E-state index >= 15 is 0 Å². The monoisotopic (exact) mass is 140 g/mol. The molecule has 1 heterocycles. The van der Waals surface area contributed by atoms with Crippen LogP contribution in [0.3, 0.4) is 0 Å². The minimum Gasteiger partial charge on any atom is -0.377 e. The van der Waals surface area contributed by atoms with Crippen molar-refractivity contribution in [3.05, 3.63) is 12.2 Å². The zero-order valence-corrected chi connectivity index (χ0v) is 6.89. The summed E-state index contributed by atoms with van der Waals surface area (Å²) in [6.07, 6.45) is 2.88. The van der Waals surface area contributed by atoms with E-state index in [1.165, 1.54) is 18.4 Å². The third-order valence-electron chi connectivity index (χ3n) is 2.26. The molecule has 0 saturated carbocycles. The van der Waals surface area contributed by atoms with Gasteiger partial charge >= 0.3 is 0 Å². The minimum atomic E-state index is 0.488. The SMILES string of the molecule is C=C(C)C(CC)C1CCO1. The molecule has 1 rings (SSSR count). The molecule has 1 heteroatoms. The molecular weight excluding hydrogens is 124 g/mol. The maximum atomic E-state index is 5.38. The summed E-state index contributed by atoms with van der Waals surface area (Å²) in [4.78, 5) is 0. The molecule has 0 aromatic carbocycles. The molecule has 0 radical (unpaired) electrons. The molecule has 1 nitrogen and oxygen atoms in total. The Morgan fingerprint density at radius 3 is 2.50 bits per heavy atom. The Morgan fingerprint density at radius 1 is 1.80 bits per heavy atom. The molecule has 0 spiro atoms. The molecule has 2 unspecified atom stereocenters. The van der Waals surface area contributed by atoms with Crippen molar-refractivity contribution in [2.24, 2.45) is 5.92 Å². The fourth-order valence-electron chi connectivity index (χ4n) is 1.50. The van der Waals surface area contributed by atoms with Gasteiger partial charge in [0.25, 0.3) is 0 Å². The highest BCUT2D eigenvalue weighted by molar-refractivity contribution is 5.00. The molecule has 0 aromatic heterocycles. The first kappa shape index (κ1) is 7.80. The highest BCUT2D eigenvalue weighted by atomic mass is 16.5. The lowest BCUT2D eigenvalue weighted by Gasteiger charge is -2.33. The molecule has 0 amide bonds. The van der Waals surface area contributed by atoms with Gasteiger partial charge in [0.15, 0.2) is 0 Å². The van der Waals surface area contributed by atoms with Gasteiger partial charge in [0.05, 0.1) is 6.10 Å². The molecule has 0 N–H and O–H groups in total. The smallest absolute Gasteiger partial charge is 0.0661 e. The molecule has 0 aromatic rings. The van der Waals surface area contributed by atoms with Crippen molar-refractivity contribution in [2.75, 3.05) is 6.61 Å². The third kappa shape index (κ3) is 1.40. The highest BCUT2D eigenvalue weighted by Crippen LogP contribution is 2.27. The quantitative estimate of drug-likeness (QED) is 0.547. The van der Waals surface area contributed by atoms with Crippen LogP contribution >= 0.6 is 0 Å². The summed E-state index contributed by atoms with van der Waals surface area (Å²) in [5.41, 5.74) is 1.27. The molecule has 0 bridgehead atoms. The van der Waals surface area contributed by atoms with E-state index in [4.69, 9.17) is 4.74 Å². The largest absolute Gasteiger partial charge is 0.377 e. The minimum absolute atomic E-state index is 0.488. The van der Waals surface area contributed by atoms with Crippen molar-refractivity contribution in [1.82, 2.24) is 0 Å². The van der Waals surface area contributed by atoms with Crippen molar-refractivity contribution < 1.29 is 4.74 Å². The second kappa shape index (κ2) is 3.20. The normalized spacial score (nSPS) is 27.2. The molecule has 58 valence electrons. The number of hydrogen-bond donors (Lipinski definition) is 0. The van der Waals surface area contributed by atoms with Crippen molar-refractivity contribution in [2.45, 2.75) is 32.8 Å². The lowest BCUT2D eigenvalue weighted by Crippen LogP contribution is -2.34. The van der Waals surface area contributed by atoms with Gasteiger partial charge < -0.3 is 4.74 Å². The van der Waals surface area contributed by atoms with Gasteiger partial charge in [-0.05, 0) is 19.8 Å². The highest BCUT2D eigenvalue weighted by Gasteiger charge is 2.26.